The van der Waals surface area contributed by atoms with E-state index >= 15 is 0 Å². The molecule has 0 saturated carbocycles. The van der Waals surface area contributed by atoms with Gasteiger partial charge in [-0.3, -0.25) is 15.2 Å². The van der Waals surface area contributed by atoms with E-state index in [0.717, 1.165) is 16.8 Å². The molecule has 0 spiro atoms. The van der Waals surface area contributed by atoms with Crippen LogP contribution in [0.25, 0.3) is 0 Å². The highest BCUT2D eigenvalue weighted by molar-refractivity contribution is 7.99. The van der Waals surface area contributed by atoms with Crippen molar-refractivity contribution in [2.75, 3.05) is 28.4 Å². The Hall–Kier alpha value is -3.63. The van der Waals surface area contributed by atoms with Gasteiger partial charge >= 0.3 is 0 Å². The lowest BCUT2D eigenvalue weighted by Gasteiger charge is -2.30. The average molecular weight is 554 g/mol. The first-order valence-electron chi connectivity index (χ1n) is 12.6. The van der Waals surface area contributed by atoms with Crippen LogP contribution in [-0.4, -0.2) is 36.1 Å². The van der Waals surface area contributed by atoms with Gasteiger partial charge in [0.05, 0.1) is 41.4 Å². The normalized spacial score (nSPS) is 11.7. The summed E-state index contributed by atoms with van der Waals surface area (Å²) in [5.41, 5.74) is 11.2. The monoisotopic (exact) mass is 553 g/mol. The fourth-order valence-corrected chi connectivity index (χ4v) is 4.49. The van der Waals surface area contributed by atoms with Gasteiger partial charge in [0.1, 0.15) is 0 Å². The number of nitrogens with one attached hydrogen (secondary N) is 3. The molecule has 10 heteroatoms. The summed E-state index contributed by atoms with van der Waals surface area (Å²) in [6, 6.07) is 9.25. The first-order valence-corrected chi connectivity index (χ1v) is 13.8. The quantitative estimate of drug-likeness (QED) is 0.0609. The minimum absolute atomic E-state index is 0.00217. The van der Waals surface area contributed by atoms with Crippen LogP contribution in [0.15, 0.2) is 54.5 Å². The van der Waals surface area contributed by atoms with Crippen LogP contribution in [0.2, 0.25) is 0 Å². The summed E-state index contributed by atoms with van der Waals surface area (Å²) in [5, 5.41) is 12.4. The minimum atomic E-state index is -0.309. The Morgan fingerprint density at radius 1 is 1.21 bits per heavy atom. The molecule has 39 heavy (non-hydrogen) atoms. The van der Waals surface area contributed by atoms with Gasteiger partial charge in [0.25, 0.3) is 5.91 Å². The van der Waals surface area contributed by atoms with E-state index in [1.165, 1.54) is 17.0 Å². The third kappa shape index (κ3) is 7.70. The van der Waals surface area contributed by atoms with Crippen molar-refractivity contribution in [3.63, 3.8) is 0 Å². The average Bonchev–Trinajstić information content (AvgIpc) is 2.83. The number of amidine groups is 1. The van der Waals surface area contributed by atoms with Crippen molar-refractivity contribution in [3.05, 3.63) is 71.2 Å². The van der Waals surface area contributed by atoms with Crippen LogP contribution in [0.1, 0.15) is 63.0 Å². The van der Waals surface area contributed by atoms with Gasteiger partial charge in [0.15, 0.2) is 5.75 Å². The van der Waals surface area contributed by atoms with Crippen LogP contribution in [0.3, 0.4) is 0 Å². The minimum Gasteiger partial charge on any atom is -0.492 e. The Morgan fingerprint density at radius 3 is 2.33 bits per heavy atom. The summed E-state index contributed by atoms with van der Waals surface area (Å²) < 4.78 is 8.91. The Kier molecular flexibility index (Phi) is 10.5. The van der Waals surface area contributed by atoms with Crippen LogP contribution in [0, 0.1) is 12.3 Å². The standard InChI is InChI=1S/C29H43N7O2S/c1-17(2)36(20(5)30)19(4)23(31)16-35(32)26-13-21(12-11-18(26)3)28(37)33-24-14-22(29(6,7)8)15-25(34-39-10)27(24)38-9/h11-17,30,34H,4,31-32H2,1-3,5-10H3,(H,33,37)/b23-16-,30-20?. The predicted molar refractivity (Wildman–Crippen MR) is 166 cm³/mol. The number of nitrogens with two attached hydrogens (primary N) is 2. The molecule has 0 aliphatic carbocycles. The maximum absolute atomic E-state index is 13.4. The molecule has 0 atom stereocenters. The summed E-state index contributed by atoms with van der Waals surface area (Å²) in [6.45, 7) is 17.9. The van der Waals surface area contributed by atoms with E-state index in [2.05, 4.69) is 37.4 Å². The summed E-state index contributed by atoms with van der Waals surface area (Å²) >= 11 is 1.45. The Balaban J connectivity index is 2.44. The van der Waals surface area contributed by atoms with E-state index < -0.39 is 0 Å². The van der Waals surface area contributed by atoms with Crippen LogP contribution < -0.4 is 31.4 Å². The number of anilines is 3. The van der Waals surface area contributed by atoms with Crippen molar-refractivity contribution < 1.29 is 9.53 Å². The topological polar surface area (TPSA) is 133 Å². The molecule has 212 valence electrons. The summed E-state index contributed by atoms with van der Waals surface area (Å²) in [6.07, 6.45) is 3.47. The lowest BCUT2D eigenvalue weighted by atomic mass is 9.86. The molecule has 2 aromatic rings. The van der Waals surface area contributed by atoms with Gasteiger partial charge in [0, 0.05) is 24.1 Å². The number of rotatable bonds is 10. The number of benzene rings is 2. The maximum atomic E-state index is 13.4. The number of aryl methyl sites for hydroxylation is 1. The van der Waals surface area contributed by atoms with Crippen molar-refractivity contribution >= 4 is 40.8 Å². The summed E-state index contributed by atoms with van der Waals surface area (Å²) in [4.78, 5) is 15.1. The molecule has 9 nitrogen and oxygen atoms in total. The number of carbonyl (C=O) groups excluding carboxylic acids is 1. The lowest BCUT2D eigenvalue weighted by Crippen LogP contribution is -2.36. The van der Waals surface area contributed by atoms with Gasteiger partial charge < -0.3 is 25.4 Å². The number of carbonyl (C=O) groups is 1. The predicted octanol–water partition coefficient (Wildman–Crippen LogP) is 5.94. The Morgan fingerprint density at radius 2 is 1.82 bits per heavy atom. The number of methoxy groups -OCH3 is 1. The smallest absolute Gasteiger partial charge is 0.255 e. The largest absolute Gasteiger partial charge is 0.492 e. The fourth-order valence-electron chi connectivity index (χ4n) is 4.12. The fraction of sp³-hybridized carbons (Fsp3) is 0.379. The number of nitrogens with zero attached hydrogens (tertiary/aromatic N) is 2. The van der Waals surface area contributed by atoms with Crippen LogP contribution in [-0.2, 0) is 5.41 Å². The van der Waals surface area contributed by atoms with Crippen molar-refractivity contribution in [2.24, 2.45) is 11.6 Å². The molecule has 0 radical (unpaired) electrons. The maximum Gasteiger partial charge on any atom is 0.255 e. The van der Waals surface area contributed by atoms with Gasteiger partial charge in [-0.15, -0.1) is 0 Å². The molecule has 2 aromatic carbocycles. The van der Waals surface area contributed by atoms with Crippen LogP contribution in [0.5, 0.6) is 5.75 Å². The SMILES string of the molecule is C=C(/C(N)=C/N(N)c1cc(C(=O)Nc2cc(C(C)(C)C)cc(NSC)c2OC)ccc1C)N(C(C)=N)C(C)C. The van der Waals surface area contributed by atoms with Crippen LogP contribution >= 0.6 is 11.9 Å². The van der Waals surface area contributed by atoms with E-state index in [-0.39, 0.29) is 17.4 Å². The zero-order valence-corrected chi connectivity index (χ0v) is 25.3. The first-order chi connectivity index (χ1) is 18.1. The van der Waals surface area contributed by atoms with E-state index in [1.54, 1.807) is 37.3 Å². The Bertz CT molecular complexity index is 1270. The number of amides is 1. The van der Waals surface area contributed by atoms with Gasteiger partial charge in [-0.2, -0.15) is 0 Å². The van der Waals surface area contributed by atoms with E-state index in [1.807, 2.05) is 45.2 Å². The van der Waals surface area contributed by atoms with Crippen molar-refractivity contribution in [3.8, 4) is 5.75 Å². The third-order valence-corrected chi connectivity index (χ3v) is 6.57. The molecule has 2 rings (SSSR count). The molecule has 0 aliphatic heterocycles. The highest BCUT2D eigenvalue weighted by atomic mass is 32.2. The zero-order valence-electron chi connectivity index (χ0n) is 24.5. The van der Waals surface area contributed by atoms with E-state index in [4.69, 9.17) is 21.7 Å². The van der Waals surface area contributed by atoms with E-state index in [0.29, 0.717) is 39.9 Å². The molecule has 0 aromatic heterocycles. The highest BCUT2D eigenvalue weighted by Gasteiger charge is 2.22. The van der Waals surface area contributed by atoms with Crippen LogP contribution in [0.4, 0.5) is 17.1 Å². The highest BCUT2D eigenvalue weighted by Crippen LogP contribution is 2.39. The van der Waals surface area contributed by atoms with Crippen molar-refractivity contribution in [1.82, 2.24) is 4.90 Å². The second kappa shape index (κ2) is 12.9. The van der Waals surface area contributed by atoms with Crippen molar-refractivity contribution in [2.45, 2.75) is 59.9 Å². The molecule has 0 aliphatic rings. The first kappa shape index (κ1) is 31.6. The van der Waals surface area contributed by atoms with E-state index in [9.17, 15) is 4.79 Å². The molecular formula is C29H43N7O2S. The zero-order chi connectivity index (χ0) is 29.7. The molecular weight excluding hydrogens is 510 g/mol. The molecule has 0 fully saturated rings. The molecule has 1 amide bonds. The molecule has 0 heterocycles. The lowest BCUT2D eigenvalue weighted by molar-refractivity contribution is 0.102. The molecule has 0 unspecified atom stereocenters. The van der Waals surface area contributed by atoms with Gasteiger partial charge in [0.2, 0.25) is 0 Å². The number of ether oxygens (including phenoxy) is 1. The number of hydrazine groups is 1. The molecule has 0 bridgehead atoms. The number of hydrogen-bond acceptors (Lipinski definition) is 8. The van der Waals surface area contributed by atoms with Gasteiger partial charge in [-0.05, 0) is 68.5 Å². The molecule has 0 saturated heterocycles. The second-order valence-electron chi connectivity index (χ2n) is 10.6. The van der Waals surface area contributed by atoms with Gasteiger partial charge in [-0.25, -0.2) is 5.84 Å². The van der Waals surface area contributed by atoms with Gasteiger partial charge in [-0.1, -0.05) is 45.4 Å². The third-order valence-electron chi connectivity index (χ3n) is 6.15. The second-order valence-corrected chi connectivity index (χ2v) is 11.2. The number of hydrogen-bond donors (Lipinski definition) is 5. The summed E-state index contributed by atoms with van der Waals surface area (Å²) in [5.74, 6) is 6.94. The Labute approximate surface area is 237 Å². The van der Waals surface area contributed by atoms with Crippen molar-refractivity contribution in [1.29, 1.82) is 5.41 Å². The molecule has 7 N–H and O–H groups in total. The summed E-state index contributed by atoms with van der Waals surface area (Å²) in [7, 11) is 1.58.